The Balaban J connectivity index is 1.30. The van der Waals surface area contributed by atoms with E-state index < -0.39 is 0 Å². The Hall–Kier alpha value is -5.41. The van der Waals surface area contributed by atoms with Gasteiger partial charge in [0.1, 0.15) is 17.0 Å². The second-order valence-corrected chi connectivity index (χ2v) is 12.9. The smallest absolute Gasteiger partial charge is 0.146 e. The van der Waals surface area contributed by atoms with Crippen LogP contribution in [0.4, 0.5) is 0 Å². The fourth-order valence-electron chi connectivity index (χ4n) is 6.87. The van der Waals surface area contributed by atoms with E-state index in [-0.39, 0.29) is 0 Å². The van der Waals surface area contributed by atoms with Crippen molar-refractivity contribution in [2.24, 2.45) is 0 Å². The summed E-state index contributed by atoms with van der Waals surface area (Å²) in [5.41, 5.74) is 14.7. The molecule has 8 aromatic rings. The predicted octanol–water partition coefficient (Wildman–Crippen LogP) is 12.4. The van der Waals surface area contributed by atoms with E-state index in [0.717, 1.165) is 49.9 Å². The number of hydrogen-bond donors (Lipinski definition) is 1. The number of rotatable bonds is 6. The van der Waals surface area contributed by atoms with E-state index in [4.69, 9.17) is 9.40 Å². The maximum Gasteiger partial charge on any atom is 0.146 e. The SMILES string of the molecule is CC(C)c1cc(-c2ccccc2)cc(C(C)C)c1-c1cccc2nc(-c3cccc4c3oc3cc(-c5ccccc5)ccc34)[nH]c12. The Morgan fingerprint density at radius 2 is 1.17 bits per heavy atom. The maximum absolute atomic E-state index is 6.61. The van der Waals surface area contributed by atoms with Crippen LogP contribution in [-0.2, 0) is 0 Å². The molecule has 3 nitrogen and oxygen atoms in total. The molecule has 0 aliphatic rings. The standard InChI is InChI=1S/C43H36N2O/c1-26(2)36-23-31(29-15-9-6-10-16-29)24-37(27(3)4)40(36)34-18-12-20-38-41(34)45-43(44-38)35-19-11-17-33-32-22-21-30(25-39(32)46-42(33)35)28-13-7-5-8-14-28/h5-27H,1-4H3,(H,44,45). The van der Waals surface area contributed by atoms with E-state index in [2.05, 4.69) is 154 Å². The zero-order valence-corrected chi connectivity index (χ0v) is 26.6. The summed E-state index contributed by atoms with van der Waals surface area (Å²) < 4.78 is 6.61. The first-order valence-electron chi connectivity index (χ1n) is 16.2. The molecule has 0 saturated heterocycles. The van der Waals surface area contributed by atoms with E-state index >= 15 is 0 Å². The molecule has 46 heavy (non-hydrogen) atoms. The molecule has 8 rings (SSSR count). The van der Waals surface area contributed by atoms with Crippen molar-refractivity contribution in [1.29, 1.82) is 0 Å². The number of furan rings is 1. The van der Waals surface area contributed by atoms with Gasteiger partial charge >= 0.3 is 0 Å². The van der Waals surface area contributed by atoms with E-state index in [1.807, 2.05) is 6.07 Å². The topological polar surface area (TPSA) is 41.8 Å². The van der Waals surface area contributed by atoms with Crippen LogP contribution >= 0.6 is 0 Å². The molecule has 0 aliphatic heterocycles. The predicted molar refractivity (Wildman–Crippen MR) is 193 cm³/mol. The van der Waals surface area contributed by atoms with Gasteiger partial charge in [0.05, 0.1) is 16.6 Å². The second kappa shape index (κ2) is 11.2. The van der Waals surface area contributed by atoms with Crippen molar-refractivity contribution < 1.29 is 4.42 Å². The van der Waals surface area contributed by atoms with Crippen LogP contribution in [0.5, 0.6) is 0 Å². The van der Waals surface area contributed by atoms with E-state index in [1.165, 1.54) is 38.9 Å². The average Bonchev–Trinajstić information content (AvgIpc) is 3.70. The summed E-state index contributed by atoms with van der Waals surface area (Å²) in [5.74, 6) is 1.51. The molecule has 224 valence electrons. The molecule has 0 atom stereocenters. The molecule has 0 amide bonds. The highest BCUT2D eigenvalue weighted by molar-refractivity contribution is 6.10. The number of nitrogens with one attached hydrogen (secondary N) is 1. The molecule has 2 aromatic heterocycles. The zero-order valence-electron chi connectivity index (χ0n) is 26.6. The molecule has 0 radical (unpaired) electrons. The molecule has 1 N–H and O–H groups in total. The normalized spacial score (nSPS) is 11.9. The summed E-state index contributed by atoms with van der Waals surface area (Å²) in [4.78, 5) is 8.91. The Morgan fingerprint density at radius 1 is 0.543 bits per heavy atom. The molecule has 0 aliphatic carbocycles. The van der Waals surface area contributed by atoms with Crippen molar-refractivity contribution in [2.75, 3.05) is 0 Å². The number of aromatic nitrogens is 2. The van der Waals surface area contributed by atoms with Gasteiger partial charge in [0.15, 0.2) is 0 Å². The third-order valence-electron chi connectivity index (χ3n) is 9.20. The fourth-order valence-corrected chi connectivity index (χ4v) is 6.87. The van der Waals surface area contributed by atoms with Crippen LogP contribution in [0.1, 0.15) is 50.7 Å². The van der Waals surface area contributed by atoms with Crippen molar-refractivity contribution in [2.45, 2.75) is 39.5 Å². The van der Waals surface area contributed by atoms with E-state index in [9.17, 15) is 0 Å². The highest BCUT2D eigenvalue weighted by Crippen LogP contribution is 2.43. The van der Waals surface area contributed by atoms with Gasteiger partial charge in [-0.05, 0) is 75.0 Å². The highest BCUT2D eigenvalue weighted by Gasteiger charge is 2.22. The van der Waals surface area contributed by atoms with Crippen molar-refractivity contribution in [3.8, 4) is 44.8 Å². The average molecular weight is 597 g/mol. The van der Waals surface area contributed by atoms with Gasteiger partial charge in [0, 0.05) is 16.3 Å². The van der Waals surface area contributed by atoms with Crippen LogP contribution in [0.15, 0.2) is 132 Å². The van der Waals surface area contributed by atoms with Crippen LogP contribution in [0.3, 0.4) is 0 Å². The monoisotopic (exact) mass is 596 g/mol. The number of fused-ring (bicyclic) bond motifs is 4. The lowest BCUT2D eigenvalue weighted by atomic mass is 9.82. The minimum absolute atomic E-state index is 0.346. The maximum atomic E-state index is 6.61. The summed E-state index contributed by atoms with van der Waals surface area (Å²) in [7, 11) is 0. The summed E-state index contributed by atoms with van der Waals surface area (Å²) in [6.45, 7) is 9.17. The van der Waals surface area contributed by atoms with Gasteiger partial charge < -0.3 is 9.40 Å². The summed E-state index contributed by atoms with van der Waals surface area (Å²) >= 11 is 0. The molecule has 0 bridgehead atoms. The van der Waals surface area contributed by atoms with Crippen molar-refractivity contribution in [3.05, 3.63) is 139 Å². The third kappa shape index (κ3) is 4.71. The zero-order chi connectivity index (χ0) is 31.4. The lowest BCUT2D eigenvalue weighted by molar-refractivity contribution is 0.670. The number of hydrogen-bond acceptors (Lipinski definition) is 2. The van der Waals surface area contributed by atoms with Crippen LogP contribution in [-0.4, -0.2) is 9.97 Å². The van der Waals surface area contributed by atoms with E-state index in [0.29, 0.717) is 11.8 Å². The second-order valence-electron chi connectivity index (χ2n) is 12.9. The summed E-state index contributed by atoms with van der Waals surface area (Å²) in [6.07, 6.45) is 0. The number of aromatic amines is 1. The van der Waals surface area contributed by atoms with Crippen molar-refractivity contribution in [3.63, 3.8) is 0 Å². The van der Waals surface area contributed by atoms with Crippen LogP contribution < -0.4 is 0 Å². The minimum Gasteiger partial charge on any atom is -0.455 e. The Bertz CT molecular complexity index is 2330. The number of nitrogens with zero attached hydrogens (tertiary/aromatic N) is 1. The quantitative estimate of drug-likeness (QED) is 0.207. The molecule has 0 spiro atoms. The van der Waals surface area contributed by atoms with Gasteiger partial charge in [-0.2, -0.15) is 0 Å². The first-order chi connectivity index (χ1) is 22.5. The largest absolute Gasteiger partial charge is 0.455 e. The van der Waals surface area contributed by atoms with Gasteiger partial charge in [0.25, 0.3) is 0 Å². The van der Waals surface area contributed by atoms with Crippen molar-refractivity contribution in [1.82, 2.24) is 9.97 Å². The Labute approximate surface area is 269 Å². The van der Waals surface area contributed by atoms with Crippen molar-refractivity contribution >= 4 is 33.0 Å². The minimum atomic E-state index is 0.346. The van der Waals surface area contributed by atoms with Gasteiger partial charge in [0.2, 0.25) is 0 Å². The van der Waals surface area contributed by atoms with Crippen LogP contribution in [0.25, 0.3) is 77.7 Å². The lowest BCUT2D eigenvalue weighted by Crippen LogP contribution is -2.02. The molecular weight excluding hydrogens is 560 g/mol. The molecule has 3 heteroatoms. The van der Waals surface area contributed by atoms with Gasteiger partial charge in [-0.25, -0.2) is 4.98 Å². The first kappa shape index (κ1) is 28.1. The van der Waals surface area contributed by atoms with E-state index in [1.54, 1.807) is 0 Å². The number of H-pyrrole nitrogens is 1. The number of benzene rings is 6. The Morgan fingerprint density at radius 3 is 1.85 bits per heavy atom. The molecule has 6 aromatic carbocycles. The van der Waals surface area contributed by atoms with Crippen LogP contribution in [0.2, 0.25) is 0 Å². The third-order valence-corrected chi connectivity index (χ3v) is 9.20. The Kier molecular flexibility index (Phi) is 6.83. The van der Waals surface area contributed by atoms with Gasteiger partial charge in [-0.15, -0.1) is 0 Å². The molecule has 0 unspecified atom stereocenters. The fraction of sp³-hybridized carbons (Fsp3) is 0.140. The summed E-state index contributed by atoms with van der Waals surface area (Å²) in [5, 5.41) is 2.20. The highest BCUT2D eigenvalue weighted by atomic mass is 16.3. The van der Waals surface area contributed by atoms with Gasteiger partial charge in [-0.1, -0.05) is 131 Å². The molecule has 0 fully saturated rings. The van der Waals surface area contributed by atoms with Crippen LogP contribution in [0, 0.1) is 0 Å². The molecular formula is C43H36N2O. The summed E-state index contributed by atoms with van der Waals surface area (Å²) in [6, 6.07) is 45.2. The number of para-hydroxylation sites is 2. The molecule has 0 saturated carbocycles. The van der Waals surface area contributed by atoms with Gasteiger partial charge in [-0.3, -0.25) is 0 Å². The molecule has 2 heterocycles. The number of imidazole rings is 1. The lowest BCUT2D eigenvalue weighted by Gasteiger charge is -2.22. The first-order valence-corrected chi connectivity index (χ1v) is 16.2.